The van der Waals surface area contributed by atoms with Crippen molar-refractivity contribution >= 4 is 15.9 Å². The molecule has 0 saturated heterocycles. The van der Waals surface area contributed by atoms with Gasteiger partial charge in [-0.1, -0.05) is 28.1 Å². The number of halogens is 1. The highest BCUT2D eigenvalue weighted by atomic mass is 79.9. The molecule has 0 amide bonds. The summed E-state index contributed by atoms with van der Waals surface area (Å²) in [5, 5.41) is 9.01. The minimum atomic E-state index is -0.804. The fourth-order valence-electron chi connectivity index (χ4n) is 0.708. The van der Waals surface area contributed by atoms with Gasteiger partial charge in [-0.15, -0.1) is 10.1 Å². The van der Waals surface area contributed by atoms with Crippen LogP contribution in [0.25, 0.3) is 0 Å². The molecule has 1 rings (SSSR count). The fourth-order valence-corrected chi connectivity index (χ4v) is 0.972. The summed E-state index contributed by atoms with van der Waals surface area (Å²) in [4.78, 5) is 14.0. The van der Waals surface area contributed by atoms with E-state index in [1.165, 1.54) is 0 Å². The van der Waals surface area contributed by atoms with Crippen molar-refractivity contribution in [2.45, 2.75) is 6.61 Å². The topological polar surface area (TPSA) is 52.4 Å². The van der Waals surface area contributed by atoms with E-state index in [-0.39, 0.29) is 6.61 Å². The van der Waals surface area contributed by atoms with Gasteiger partial charge in [0.05, 0.1) is 0 Å². The highest BCUT2D eigenvalue weighted by Gasteiger charge is 1.96. The van der Waals surface area contributed by atoms with Crippen molar-refractivity contribution in [2.75, 3.05) is 0 Å². The van der Waals surface area contributed by atoms with E-state index >= 15 is 0 Å². The van der Waals surface area contributed by atoms with Crippen LogP contribution < -0.4 is 0 Å². The van der Waals surface area contributed by atoms with Crippen molar-refractivity contribution < 1.29 is 9.92 Å². The number of benzene rings is 1. The Morgan fingerprint density at radius 1 is 1.42 bits per heavy atom. The first kappa shape index (κ1) is 8.99. The summed E-state index contributed by atoms with van der Waals surface area (Å²) < 4.78 is 0.937. The van der Waals surface area contributed by atoms with Crippen molar-refractivity contribution in [3.63, 3.8) is 0 Å². The SMILES string of the molecule is O=[N+]([O-])OCc1ccc(Br)cc1. The second-order valence-corrected chi connectivity index (χ2v) is 3.04. The van der Waals surface area contributed by atoms with Gasteiger partial charge in [0.25, 0.3) is 5.09 Å². The molecule has 0 atom stereocenters. The van der Waals surface area contributed by atoms with Crippen LogP contribution in [-0.2, 0) is 11.4 Å². The van der Waals surface area contributed by atoms with Crippen LogP contribution in [0.1, 0.15) is 5.56 Å². The zero-order valence-corrected chi connectivity index (χ0v) is 7.65. The van der Waals surface area contributed by atoms with Crippen LogP contribution in [0, 0.1) is 10.1 Å². The Kier molecular flexibility index (Phi) is 3.04. The molecule has 64 valence electrons. The molecule has 0 aliphatic rings. The molecule has 0 spiro atoms. The maximum absolute atomic E-state index is 9.81. The standard InChI is InChI=1S/C7H6BrNO3/c8-7-3-1-6(2-4-7)5-12-9(10)11/h1-4H,5H2. The van der Waals surface area contributed by atoms with Crippen molar-refractivity contribution in [3.8, 4) is 0 Å². The van der Waals surface area contributed by atoms with Crippen LogP contribution in [0.15, 0.2) is 28.7 Å². The summed E-state index contributed by atoms with van der Waals surface area (Å²) in [5.41, 5.74) is 0.773. The molecule has 0 radical (unpaired) electrons. The van der Waals surface area contributed by atoms with Gasteiger partial charge < -0.3 is 4.84 Å². The van der Waals surface area contributed by atoms with E-state index in [0.29, 0.717) is 0 Å². The molecule has 0 heterocycles. The van der Waals surface area contributed by atoms with Crippen LogP contribution in [0.2, 0.25) is 0 Å². The second-order valence-electron chi connectivity index (χ2n) is 2.12. The largest absolute Gasteiger partial charge is 0.309 e. The number of hydrogen-bond acceptors (Lipinski definition) is 3. The molecule has 1 aromatic carbocycles. The minimum absolute atomic E-state index is 0.000278. The summed E-state index contributed by atoms with van der Waals surface area (Å²) >= 11 is 3.25. The third-order valence-electron chi connectivity index (χ3n) is 1.25. The average molecular weight is 232 g/mol. The Morgan fingerprint density at radius 3 is 2.50 bits per heavy atom. The predicted octanol–water partition coefficient (Wildman–Crippen LogP) is 2.16. The first-order chi connectivity index (χ1) is 5.68. The van der Waals surface area contributed by atoms with Crippen LogP contribution in [-0.4, -0.2) is 5.09 Å². The van der Waals surface area contributed by atoms with Crippen LogP contribution in [0.3, 0.4) is 0 Å². The summed E-state index contributed by atoms with van der Waals surface area (Å²) in [6.45, 7) is 0.000278. The molecule has 0 unspecified atom stereocenters. The second kappa shape index (κ2) is 4.06. The van der Waals surface area contributed by atoms with Crippen molar-refractivity contribution in [3.05, 3.63) is 44.4 Å². The van der Waals surface area contributed by atoms with Crippen molar-refractivity contribution in [2.24, 2.45) is 0 Å². The number of rotatable bonds is 3. The van der Waals surface area contributed by atoms with E-state index in [0.717, 1.165) is 10.0 Å². The monoisotopic (exact) mass is 231 g/mol. The molecule has 0 N–H and O–H groups in total. The van der Waals surface area contributed by atoms with Gasteiger partial charge in [0, 0.05) is 4.47 Å². The van der Waals surface area contributed by atoms with Gasteiger partial charge in [-0.2, -0.15) is 0 Å². The molecule has 4 nitrogen and oxygen atoms in total. The summed E-state index contributed by atoms with van der Waals surface area (Å²) in [5.74, 6) is 0. The third-order valence-corrected chi connectivity index (χ3v) is 1.78. The van der Waals surface area contributed by atoms with E-state index in [2.05, 4.69) is 20.8 Å². The molecule has 0 bridgehead atoms. The van der Waals surface area contributed by atoms with E-state index < -0.39 is 5.09 Å². The molecular formula is C7H6BrNO3. The van der Waals surface area contributed by atoms with E-state index in [4.69, 9.17) is 0 Å². The first-order valence-electron chi connectivity index (χ1n) is 3.20. The van der Waals surface area contributed by atoms with Gasteiger partial charge in [-0.3, -0.25) is 0 Å². The minimum Gasteiger partial charge on any atom is -0.309 e. The van der Waals surface area contributed by atoms with E-state index in [9.17, 15) is 10.1 Å². The highest BCUT2D eigenvalue weighted by Crippen LogP contribution is 2.10. The molecule has 0 aliphatic heterocycles. The zero-order valence-electron chi connectivity index (χ0n) is 6.07. The lowest BCUT2D eigenvalue weighted by molar-refractivity contribution is -0.763. The molecule has 1 aromatic rings. The van der Waals surface area contributed by atoms with Gasteiger partial charge >= 0.3 is 0 Å². The maximum atomic E-state index is 9.81. The normalized spacial score (nSPS) is 9.42. The molecule has 0 aliphatic carbocycles. The Hall–Kier alpha value is -1.10. The predicted molar refractivity (Wildman–Crippen MR) is 45.9 cm³/mol. The highest BCUT2D eigenvalue weighted by molar-refractivity contribution is 9.10. The first-order valence-corrected chi connectivity index (χ1v) is 3.99. The lowest BCUT2D eigenvalue weighted by atomic mass is 10.2. The Bertz CT molecular complexity index is 272. The lowest BCUT2D eigenvalue weighted by Crippen LogP contribution is -1.99. The molecule has 12 heavy (non-hydrogen) atoms. The van der Waals surface area contributed by atoms with Crippen molar-refractivity contribution in [1.29, 1.82) is 0 Å². The van der Waals surface area contributed by atoms with Gasteiger partial charge in [0.15, 0.2) is 0 Å². The molecule has 0 fully saturated rings. The van der Waals surface area contributed by atoms with Gasteiger partial charge in [-0.25, -0.2) is 0 Å². The summed E-state index contributed by atoms with van der Waals surface area (Å²) in [6, 6.07) is 7.12. The van der Waals surface area contributed by atoms with Crippen LogP contribution in [0.5, 0.6) is 0 Å². The fraction of sp³-hybridized carbons (Fsp3) is 0.143. The van der Waals surface area contributed by atoms with E-state index in [1.54, 1.807) is 24.3 Å². The number of nitrogens with zero attached hydrogens (tertiary/aromatic N) is 1. The smallest absolute Gasteiger partial charge is 0.294 e. The summed E-state index contributed by atoms with van der Waals surface area (Å²) in [7, 11) is 0. The van der Waals surface area contributed by atoms with E-state index in [1.807, 2.05) is 0 Å². The van der Waals surface area contributed by atoms with Gasteiger partial charge in [-0.05, 0) is 17.7 Å². The lowest BCUT2D eigenvalue weighted by Gasteiger charge is -1.98. The molecule has 0 saturated carbocycles. The Morgan fingerprint density at radius 2 is 2.00 bits per heavy atom. The molecule has 0 aromatic heterocycles. The molecular weight excluding hydrogens is 226 g/mol. The van der Waals surface area contributed by atoms with Gasteiger partial charge in [0.2, 0.25) is 0 Å². The maximum Gasteiger partial charge on any atom is 0.294 e. The Labute approximate surface area is 77.4 Å². The average Bonchev–Trinajstić information content (AvgIpc) is 2.03. The van der Waals surface area contributed by atoms with Gasteiger partial charge in [0.1, 0.15) is 6.61 Å². The van der Waals surface area contributed by atoms with Crippen LogP contribution >= 0.6 is 15.9 Å². The number of hydrogen-bond donors (Lipinski definition) is 0. The summed E-state index contributed by atoms with van der Waals surface area (Å²) in [6.07, 6.45) is 0. The quantitative estimate of drug-likeness (QED) is 0.592. The zero-order chi connectivity index (χ0) is 8.97. The molecule has 5 heteroatoms. The van der Waals surface area contributed by atoms with Crippen LogP contribution in [0.4, 0.5) is 0 Å². The third kappa shape index (κ3) is 2.87. The Balaban J connectivity index is 2.53. The van der Waals surface area contributed by atoms with Crippen molar-refractivity contribution in [1.82, 2.24) is 0 Å².